The molecule has 1 aromatic carbocycles. The molecule has 1 aliphatic rings. The Labute approximate surface area is 189 Å². The van der Waals surface area contributed by atoms with Crippen molar-refractivity contribution in [3.05, 3.63) is 46.1 Å². The van der Waals surface area contributed by atoms with E-state index in [-0.39, 0.29) is 35.0 Å². The predicted octanol–water partition coefficient (Wildman–Crippen LogP) is 2.77. The fourth-order valence-corrected chi connectivity index (χ4v) is 6.03. The molecule has 0 fully saturated rings. The molecule has 2 amide bonds. The lowest BCUT2D eigenvalue weighted by Gasteiger charge is -2.25. The third kappa shape index (κ3) is 5.33. The molecule has 2 aromatic rings. The van der Waals surface area contributed by atoms with Gasteiger partial charge in [-0.1, -0.05) is 0 Å². The van der Waals surface area contributed by atoms with Crippen LogP contribution in [0.15, 0.2) is 29.2 Å². The van der Waals surface area contributed by atoms with E-state index >= 15 is 0 Å². The van der Waals surface area contributed by atoms with Crippen LogP contribution in [0.5, 0.6) is 0 Å². The van der Waals surface area contributed by atoms with Gasteiger partial charge in [-0.3, -0.25) is 9.59 Å². The number of halogens is 1. The lowest BCUT2D eigenvalue weighted by Crippen LogP contribution is -2.33. The van der Waals surface area contributed by atoms with Crippen molar-refractivity contribution >= 4 is 44.0 Å². The lowest BCUT2D eigenvalue weighted by atomic mass is 10.0. The number of fused-ring (bicyclic) bond motifs is 1. The van der Waals surface area contributed by atoms with Crippen molar-refractivity contribution in [2.75, 3.05) is 24.7 Å². The lowest BCUT2D eigenvalue weighted by molar-refractivity contribution is -0.129. The van der Waals surface area contributed by atoms with Crippen LogP contribution in [0.4, 0.5) is 9.39 Å². The smallest absolute Gasteiger partial charge is 0.341 e. The molecule has 0 aliphatic carbocycles. The summed E-state index contributed by atoms with van der Waals surface area (Å²) in [6.45, 7) is 2.30. The van der Waals surface area contributed by atoms with E-state index in [0.717, 1.165) is 22.6 Å². The number of ether oxygens (including phenoxy) is 1. The maximum atomic E-state index is 13.0. The summed E-state index contributed by atoms with van der Waals surface area (Å²) in [5.74, 6) is -1.89. The summed E-state index contributed by atoms with van der Waals surface area (Å²) in [4.78, 5) is 38.9. The normalized spacial score (nSPS) is 13.4. The monoisotopic (exact) mass is 482 g/mol. The second kappa shape index (κ2) is 9.78. The van der Waals surface area contributed by atoms with Gasteiger partial charge in [0.1, 0.15) is 10.8 Å². The number of hydrogen-bond donors (Lipinski definition) is 1. The number of anilines is 1. The Balaban J connectivity index is 1.67. The van der Waals surface area contributed by atoms with E-state index in [9.17, 15) is 27.2 Å². The maximum Gasteiger partial charge on any atom is 0.341 e. The van der Waals surface area contributed by atoms with Crippen LogP contribution >= 0.6 is 11.3 Å². The first-order valence-electron chi connectivity index (χ1n) is 9.89. The first-order valence-corrected chi connectivity index (χ1v) is 12.4. The number of carbonyl (C=O) groups is 3. The number of sulfone groups is 1. The van der Waals surface area contributed by atoms with Gasteiger partial charge in [0.2, 0.25) is 11.8 Å². The molecule has 8 nitrogen and oxygen atoms in total. The van der Waals surface area contributed by atoms with Crippen LogP contribution in [0.2, 0.25) is 0 Å². The number of nitrogens with one attached hydrogen (secondary N) is 1. The SMILES string of the molecule is COC(=O)c1c(NC(=O)CCCS(=O)(=O)c2ccc(F)cc2)sc2c1CCN(C(C)=O)C2. The number of thiophene rings is 1. The summed E-state index contributed by atoms with van der Waals surface area (Å²) >= 11 is 1.21. The van der Waals surface area contributed by atoms with Gasteiger partial charge in [-0.05, 0) is 42.7 Å². The fraction of sp³-hybridized carbons (Fsp3) is 0.381. The molecule has 0 spiro atoms. The molecular formula is C21H23FN2O6S2. The Morgan fingerprint density at radius 2 is 1.91 bits per heavy atom. The number of carbonyl (C=O) groups excluding carboxylic acids is 3. The van der Waals surface area contributed by atoms with Crippen LogP contribution in [0.3, 0.4) is 0 Å². The number of rotatable bonds is 7. The van der Waals surface area contributed by atoms with Crippen LogP contribution in [0.25, 0.3) is 0 Å². The molecule has 1 aromatic heterocycles. The predicted molar refractivity (Wildman–Crippen MR) is 117 cm³/mol. The van der Waals surface area contributed by atoms with Gasteiger partial charge in [0.05, 0.1) is 29.9 Å². The highest BCUT2D eigenvalue weighted by molar-refractivity contribution is 7.91. The minimum atomic E-state index is -3.64. The fourth-order valence-electron chi connectivity index (χ4n) is 3.45. The molecule has 0 bridgehead atoms. The van der Waals surface area contributed by atoms with Crippen LogP contribution in [-0.2, 0) is 37.1 Å². The number of hydrogen-bond acceptors (Lipinski definition) is 7. The van der Waals surface area contributed by atoms with Gasteiger partial charge in [-0.15, -0.1) is 11.3 Å². The van der Waals surface area contributed by atoms with E-state index in [1.54, 1.807) is 4.90 Å². The average Bonchev–Trinajstić information content (AvgIpc) is 3.10. The van der Waals surface area contributed by atoms with Crippen molar-refractivity contribution in [1.82, 2.24) is 4.90 Å². The van der Waals surface area contributed by atoms with E-state index < -0.39 is 27.5 Å². The summed E-state index contributed by atoms with van der Waals surface area (Å²) in [6, 6.07) is 4.52. The van der Waals surface area contributed by atoms with Crippen molar-refractivity contribution in [2.45, 2.75) is 37.6 Å². The van der Waals surface area contributed by atoms with Gasteiger partial charge in [-0.25, -0.2) is 17.6 Å². The van der Waals surface area contributed by atoms with Gasteiger partial charge < -0.3 is 15.0 Å². The highest BCUT2D eigenvalue weighted by Crippen LogP contribution is 2.37. The van der Waals surface area contributed by atoms with E-state index in [1.165, 1.54) is 37.5 Å². The van der Waals surface area contributed by atoms with Crippen LogP contribution < -0.4 is 5.32 Å². The van der Waals surface area contributed by atoms with Gasteiger partial charge in [0, 0.05) is 24.8 Å². The molecule has 32 heavy (non-hydrogen) atoms. The molecule has 0 unspecified atom stereocenters. The van der Waals surface area contributed by atoms with E-state index in [1.807, 2.05) is 0 Å². The summed E-state index contributed by atoms with van der Waals surface area (Å²) in [7, 11) is -2.39. The van der Waals surface area contributed by atoms with E-state index in [4.69, 9.17) is 4.74 Å². The first-order chi connectivity index (χ1) is 15.1. The maximum absolute atomic E-state index is 13.0. The van der Waals surface area contributed by atoms with Crippen LogP contribution in [-0.4, -0.2) is 50.5 Å². The minimum Gasteiger partial charge on any atom is -0.465 e. The third-order valence-electron chi connectivity index (χ3n) is 5.13. The van der Waals surface area contributed by atoms with Crippen LogP contribution in [0.1, 0.15) is 40.6 Å². The molecule has 0 saturated heterocycles. The highest BCUT2D eigenvalue weighted by atomic mass is 32.2. The van der Waals surface area contributed by atoms with Crippen molar-refractivity contribution in [3.63, 3.8) is 0 Å². The molecule has 3 rings (SSSR count). The Morgan fingerprint density at radius 3 is 2.53 bits per heavy atom. The Hall–Kier alpha value is -2.79. The summed E-state index contributed by atoms with van der Waals surface area (Å²) in [5, 5.41) is 3.02. The Morgan fingerprint density at radius 1 is 1.22 bits per heavy atom. The zero-order valence-corrected chi connectivity index (χ0v) is 19.3. The van der Waals surface area contributed by atoms with E-state index in [2.05, 4.69) is 5.32 Å². The number of esters is 1. The second-order valence-electron chi connectivity index (χ2n) is 7.31. The van der Waals surface area contributed by atoms with Crippen molar-refractivity contribution < 1.29 is 31.9 Å². The van der Waals surface area contributed by atoms with Crippen molar-refractivity contribution in [1.29, 1.82) is 0 Å². The summed E-state index contributed by atoms with van der Waals surface area (Å²) in [5.41, 5.74) is 1.04. The molecule has 172 valence electrons. The quantitative estimate of drug-likeness (QED) is 0.480. The Bertz CT molecular complexity index is 1140. The standard InChI is InChI=1S/C21H23FN2O6S2/c1-13(25)24-10-9-16-17(12-24)31-20(19(16)21(27)30-2)23-18(26)4-3-11-32(28,29)15-7-5-14(22)6-8-15/h5-8H,3-4,9-12H2,1-2H3,(H,23,26). The van der Waals surface area contributed by atoms with Gasteiger partial charge >= 0.3 is 5.97 Å². The third-order valence-corrected chi connectivity index (χ3v) is 8.08. The number of methoxy groups -OCH3 is 1. The van der Waals surface area contributed by atoms with Crippen LogP contribution in [0, 0.1) is 5.82 Å². The molecule has 1 N–H and O–H groups in total. The van der Waals surface area contributed by atoms with Gasteiger partial charge in [0.15, 0.2) is 9.84 Å². The second-order valence-corrected chi connectivity index (χ2v) is 10.5. The van der Waals surface area contributed by atoms with Crippen molar-refractivity contribution in [3.8, 4) is 0 Å². The number of benzene rings is 1. The summed E-state index contributed by atoms with van der Waals surface area (Å²) in [6.07, 6.45) is 0.451. The largest absolute Gasteiger partial charge is 0.465 e. The zero-order valence-electron chi connectivity index (χ0n) is 17.6. The zero-order chi connectivity index (χ0) is 23.5. The average molecular weight is 483 g/mol. The highest BCUT2D eigenvalue weighted by Gasteiger charge is 2.30. The first kappa shape index (κ1) is 23.9. The molecule has 0 radical (unpaired) electrons. The number of amides is 2. The Kier molecular flexibility index (Phi) is 7.29. The molecule has 0 saturated carbocycles. The minimum absolute atomic E-state index is 0.00626. The number of nitrogens with zero attached hydrogens (tertiary/aromatic N) is 1. The molecule has 11 heteroatoms. The molecular weight excluding hydrogens is 459 g/mol. The molecule has 1 aliphatic heterocycles. The molecule has 2 heterocycles. The van der Waals surface area contributed by atoms with E-state index in [0.29, 0.717) is 24.5 Å². The van der Waals surface area contributed by atoms with Gasteiger partial charge in [0.25, 0.3) is 0 Å². The van der Waals surface area contributed by atoms with Crippen molar-refractivity contribution in [2.24, 2.45) is 0 Å². The summed E-state index contributed by atoms with van der Waals surface area (Å²) < 4.78 is 42.5. The molecule has 0 atom stereocenters. The van der Waals surface area contributed by atoms with Gasteiger partial charge in [-0.2, -0.15) is 0 Å². The topological polar surface area (TPSA) is 110 Å².